The number of aromatic amines is 1. The smallest absolute Gasteiger partial charge is 0.255 e. The van der Waals surface area contributed by atoms with Gasteiger partial charge < -0.3 is 10.3 Å². The van der Waals surface area contributed by atoms with Crippen LogP contribution in [0.15, 0.2) is 40.3 Å². The number of thioether (sulfide) groups is 1. The molecule has 0 bridgehead atoms. The van der Waals surface area contributed by atoms with Crippen LogP contribution in [-0.4, -0.2) is 22.4 Å². The Morgan fingerprint density at radius 1 is 1.32 bits per heavy atom. The molecule has 22 heavy (non-hydrogen) atoms. The second-order valence-corrected chi connectivity index (χ2v) is 5.80. The van der Waals surface area contributed by atoms with Crippen LogP contribution < -0.4 is 10.9 Å². The van der Waals surface area contributed by atoms with E-state index in [2.05, 4.69) is 15.3 Å². The van der Waals surface area contributed by atoms with E-state index in [0.717, 1.165) is 5.75 Å². The SMILES string of the molecule is CCNC(=O)Cc1c(C)nc(SCc2ccccc2)[nH]c1=O. The number of carbonyl (C=O) groups excluding carboxylic acids is 1. The fourth-order valence-electron chi connectivity index (χ4n) is 2.01. The van der Waals surface area contributed by atoms with Gasteiger partial charge in [0, 0.05) is 23.6 Å². The number of nitrogens with one attached hydrogen (secondary N) is 2. The molecule has 2 aromatic rings. The number of aryl methyl sites for hydroxylation is 1. The van der Waals surface area contributed by atoms with E-state index in [4.69, 9.17) is 0 Å². The summed E-state index contributed by atoms with van der Waals surface area (Å²) in [4.78, 5) is 30.9. The quantitative estimate of drug-likeness (QED) is 0.631. The fraction of sp³-hybridized carbons (Fsp3) is 0.312. The zero-order valence-corrected chi connectivity index (χ0v) is 13.5. The van der Waals surface area contributed by atoms with Gasteiger partial charge in [-0.1, -0.05) is 42.1 Å². The molecule has 1 heterocycles. The molecule has 0 atom stereocenters. The summed E-state index contributed by atoms with van der Waals surface area (Å²) in [5, 5.41) is 3.26. The van der Waals surface area contributed by atoms with Crippen molar-refractivity contribution >= 4 is 17.7 Å². The molecule has 116 valence electrons. The van der Waals surface area contributed by atoms with Crippen LogP contribution in [-0.2, 0) is 17.0 Å². The summed E-state index contributed by atoms with van der Waals surface area (Å²) in [5.74, 6) is 0.571. The Balaban J connectivity index is 2.09. The lowest BCUT2D eigenvalue weighted by Gasteiger charge is -2.07. The second kappa shape index (κ2) is 7.79. The van der Waals surface area contributed by atoms with Crippen molar-refractivity contribution in [2.75, 3.05) is 6.54 Å². The Kier molecular flexibility index (Phi) is 5.77. The van der Waals surface area contributed by atoms with E-state index in [0.29, 0.717) is 23.0 Å². The minimum Gasteiger partial charge on any atom is -0.356 e. The van der Waals surface area contributed by atoms with Crippen LogP contribution in [0.5, 0.6) is 0 Å². The summed E-state index contributed by atoms with van der Waals surface area (Å²) in [6.07, 6.45) is 0.0611. The molecule has 0 aliphatic heterocycles. The minimum absolute atomic E-state index is 0.0611. The second-order valence-electron chi connectivity index (χ2n) is 4.84. The molecule has 0 saturated heterocycles. The largest absolute Gasteiger partial charge is 0.356 e. The summed E-state index contributed by atoms with van der Waals surface area (Å²) in [7, 11) is 0. The van der Waals surface area contributed by atoms with E-state index in [1.54, 1.807) is 6.92 Å². The predicted molar refractivity (Wildman–Crippen MR) is 88.0 cm³/mol. The lowest BCUT2D eigenvalue weighted by Crippen LogP contribution is -2.28. The monoisotopic (exact) mass is 317 g/mol. The molecule has 0 saturated carbocycles. The summed E-state index contributed by atoms with van der Waals surface area (Å²) in [6.45, 7) is 4.15. The van der Waals surface area contributed by atoms with E-state index >= 15 is 0 Å². The maximum absolute atomic E-state index is 12.1. The molecule has 2 N–H and O–H groups in total. The van der Waals surface area contributed by atoms with Crippen molar-refractivity contribution < 1.29 is 4.79 Å². The van der Waals surface area contributed by atoms with Gasteiger partial charge in [0.25, 0.3) is 5.56 Å². The van der Waals surface area contributed by atoms with Gasteiger partial charge in [0.05, 0.1) is 6.42 Å². The summed E-state index contributed by atoms with van der Waals surface area (Å²) < 4.78 is 0. The molecule has 1 amide bonds. The van der Waals surface area contributed by atoms with Crippen LogP contribution in [0.1, 0.15) is 23.7 Å². The Hall–Kier alpha value is -2.08. The molecule has 0 unspecified atom stereocenters. The van der Waals surface area contributed by atoms with Gasteiger partial charge in [0.15, 0.2) is 5.16 Å². The van der Waals surface area contributed by atoms with Crippen LogP contribution in [0.2, 0.25) is 0 Å². The molecule has 0 aliphatic rings. The highest BCUT2D eigenvalue weighted by Crippen LogP contribution is 2.18. The third-order valence-corrected chi connectivity index (χ3v) is 4.07. The third kappa shape index (κ3) is 4.46. The first-order valence-corrected chi connectivity index (χ1v) is 8.12. The lowest BCUT2D eigenvalue weighted by atomic mass is 10.1. The number of nitrogens with zero attached hydrogens (tertiary/aromatic N) is 1. The minimum atomic E-state index is -0.241. The van der Waals surface area contributed by atoms with Gasteiger partial charge in [-0.25, -0.2) is 4.98 Å². The van der Waals surface area contributed by atoms with E-state index in [1.807, 2.05) is 37.3 Å². The molecule has 1 aromatic heterocycles. The summed E-state index contributed by atoms with van der Waals surface area (Å²) in [5.41, 5.74) is 1.95. The molecule has 0 spiro atoms. The number of hydrogen-bond donors (Lipinski definition) is 2. The zero-order chi connectivity index (χ0) is 15.9. The molecule has 5 nitrogen and oxygen atoms in total. The van der Waals surface area contributed by atoms with Crippen molar-refractivity contribution in [2.45, 2.75) is 31.2 Å². The first-order chi connectivity index (χ1) is 10.6. The van der Waals surface area contributed by atoms with Gasteiger partial charge in [-0.15, -0.1) is 0 Å². The Bertz CT molecular complexity index is 698. The molecule has 0 radical (unpaired) electrons. The zero-order valence-electron chi connectivity index (χ0n) is 12.7. The van der Waals surface area contributed by atoms with E-state index in [-0.39, 0.29) is 17.9 Å². The van der Waals surface area contributed by atoms with Crippen molar-refractivity contribution in [3.05, 3.63) is 57.5 Å². The molecular formula is C16H19N3O2S. The molecule has 2 rings (SSSR count). The first-order valence-electron chi connectivity index (χ1n) is 7.13. The Morgan fingerprint density at radius 2 is 2.05 bits per heavy atom. The van der Waals surface area contributed by atoms with Crippen LogP contribution >= 0.6 is 11.8 Å². The van der Waals surface area contributed by atoms with E-state index in [1.165, 1.54) is 17.3 Å². The molecule has 6 heteroatoms. The number of aromatic nitrogens is 2. The number of rotatable bonds is 6. The molecule has 0 fully saturated rings. The first kappa shape index (κ1) is 16.3. The maximum atomic E-state index is 12.1. The summed E-state index contributed by atoms with van der Waals surface area (Å²) in [6, 6.07) is 9.98. The molecular weight excluding hydrogens is 298 g/mol. The lowest BCUT2D eigenvalue weighted by molar-refractivity contribution is -0.120. The van der Waals surface area contributed by atoms with Gasteiger partial charge in [0.1, 0.15) is 0 Å². The highest BCUT2D eigenvalue weighted by atomic mass is 32.2. The van der Waals surface area contributed by atoms with Gasteiger partial charge in [-0.3, -0.25) is 9.59 Å². The predicted octanol–water partition coefficient (Wildman–Crippen LogP) is 2.05. The number of hydrogen-bond acceptors (Lipinski definition) is 4. The molecule has 0 aliphatic carbocycles. The normalized spacial score (nSPS) is 10.5. The number of H-pyrrole nitrogens is 1. The van der Waals surface area contributed by atoms with Crippen LogP contribution in [0.25, 0.3) is 0 Å². The Labute approximate surface area is 133 Å². The van der Waals surface area contributed by atoms with Crippen molar-refractivity contribution in [3.8, 4) is 0 Å². The van der Waals surface area contributed by atoms with Gasteiger partial charge in [0.2, 0.25) is 5.91 Å². The van der Waals surface area contributed by atoms with Crippen molar-refractivity contribution in [1.29, 1.82) is 0 Å². The van der Waals surface area contributed by atoms with Crippen molar-refractivity contribution in [2.24, 2.45) is 0 Å². The van der Waals surface area contributed by atoms with Crippen molar-refractivity contribution in [1.82, 2.24) is 15.3 Å². The number of carbonyl (C=O) groups is 1. The molecule has 1 aromatic carbocycles. The maximum Gasteiger partial charge on any atom is 0.255 e. The topological polar surface area (TPSA) is 74.8 Å². The van der Waals surface area contributed by atoms with Crippen LogP contribution in [0, 0.1) is 6.92 Å². The van der Waals surface area contributed by atoms with Crippen molar-refractivity contribution in [3.63, 3.8) is 0 Å². The average Bonchev–Trinajstić information content (AvgIpc) is 2.50. The number of benzene rings is 1. The van der Waals surface area contributed by atoms with Crippen LogP contribution in [0.4, 0.5) is 0 Å². The third-order valence-electron chi connectivity index (χ3n) is 3.13. The average molecular weight is 317 g/mol. The Morgan fingerprint density at radius 3 is 2.68 bits per heavy atom. The standard InChI is InChI=1S/C16H19N3O2S/c1-3-17-14(20)9-13-11(2)18-16(19-15(13)21)22-10-12-7-5-4-6-8-12/h4-8H,3,9-10H2,1-2H3,(H,17,20)(H,18,19,21). The van der Waals surface area contributed by atoms with E-state index in [9.17, 15) is 9.59 Å². The highest BCUT2D eigenvalue weighted by Gasteiger charge is 2.12. The number of likely N-dealkylation sites (N-methyl/N-ethyl adjacent to an activating group) is 1. The fourth-order valence-corrected chi connectivity index (χ4v) is 2.87. The van der Waals surface area contributed by atoms with Gasteiger partial charge >= 0.3 is 0 Å². The highest BCUT2D eigenvalue weighted by molar-refractivity contribution is 7.98. The summed E-state index contributed by atoms with van der Waals surface area (Å²) >= 11 is 1.47. The number of amides is 1. The van der Waals surface area contributed by atoms with Crippen LogP contribution in [0.3, 0.4) is 0 Å². The van der Waals surface area contributed by atoms with Gasteiger partial charge in [-0.2, -0.15) is 0 Å². The van der Waals surface area contributed by atoms with E-state index < -0.39 is 0 Å². The van der Waals surface area contributed by atoms with Gasteiger partial charge in [-0.05, 0) is 19.4 Å².